The van der Waals surface area contributed by atoms with Gasteiger partial charge in [0.2, 0.25) is 0 Å². The maximum absolute atomic E-state index is 11.8. The molecular formula is C13H19NO9. The van der Waals surface area contributed by atoms with E-state index in [1.165, 1.54) is 0 Å². The van der Waals surface area contributed by atoms with Crippen LogP contribution in [-0.2, 0) is 42.9 Å². The Morgan fingerprint density at radius 3 is 1.70 bits per heavy atom. The van der Waals surface area contributed by atoms with Gasteiger partial charge in [-0.3, -0.25) is 14.4 Å². The third-order valence-corrected chi connectivity index (χ3v) is 2.91. The van der Waals surface area contributed by atoms with Crippen molar-refractivity contribution in [1.82, 2.24) is 0 Å². The molecule has 10 nitrogen and oxygen atoms in total. The average molecular weight is 333 g/mol. The highest BCUT2D eigenvalue weighted by molar-refractivity contribution is 5.77. The predicted molar refractivity (Wildman–Crippen MR) is 71.5 cm³/mol. The number of nitrogens with two attached hydrogens (primary N) is 1. The van der Waals surface area contributed by atoms with Crippen LogP contribution in [0.25, 0.3) is 0 Å². The molecule has 130 valence electrons. The molecule has 0 bridgehead atoms. The first-order chi connectivity index (χ1) is 10.7. The molecule has 0 aliphatic carbocycles. The molecule has 0 radical (unpaired) electrons. The van der Waals surface area contributed by atoms with Crippen molar-refractivity contribution < 1.29 is 42.9 Å². The Morgan fingerprint density at radius 2 is 1.26 bits per heavy atom. The van der Waals surface area contributed by atoms with Crippen molar-refractivity contribution in [2.45, 2.75) is 51.4 Å². The van der Waals surface area contributed by atoms with Gasteiger partial charge in [-0.1, -0.05) is 0 Å². The summed E-state index contributed by atoms with van der Waals surface area (Å²) in [5.74, 6) is -3.11. The van der Waals surface area contributed by atoms with E-state index < -0.39 is 54.5 Å². The number of carbonyl (C=O) groups is 4. The highest BCUT2D eigenvalue weighted by Gasteiger charge is 2.53. The predicted octanol–water partition coefficient (Wildman–Crippen LogP) is -1.36. The van der Waals surface area contributed by atoms with Gasteiger partial charge < -0.3 is 29.4 Å². The summed E-state index contributed by atoms with van der Waals surface area (Å²) in [6, 6.07) is 0. The van der Waals surface area contributed by atoms with Gasteiger partial charge in [-0.05, 0) is 0 Å². The molecule has 0 unspecified atom stereocenters. The van der Waals surface area contributed by atoms with Crippen LogP contribution in [0.15, 0.2) is 0 Å². The normalized spacial score (nSPS) is 30.0. The molecule has 1 rings (SSSR count). The highest BCUT2D eigenvalue weighted by atomic mass is 16.7. The van der Waals surface area contributed by atoms with E-state index >= 15 is 0 Å². The van der Waals surface area contributed by atoms with Crippen LogP contribution in [0, 0.1) is 0 Å². The van der Waals surface area contributed by atoms with Crippen LogP contribution in [0.5, 0.6) is 0 Å². The number of hydrogen-bond acceptors (Lipinski definition) is 10. The number of methoxy groups -OCH3 is 1. The third kappa shape index (κ3) is 4.89. The second-order valence-corrected chi connectivity index (χ2v) is 4.77. The molecule has 5 atom stereocenters. The molecule has 0 aromatic rings. The van der Waals surface area contributed by atoms with Crippen LogP contribution >= 0.6 is 0 Å². The summed E-state index contributed by atoms with van der Waals surface area (Å²) in [7, 11) is 1.10. The minimum absolute atomic E-state index is 0.718. The van der Waals surface area contributed by atoms with Crippen LogP contribution in [0.1, 0.15) is 20.8 Å². The first kappa shape index (κ1) is 18.8. The topological polar surface area (TPSA) is 140 Å². The van der Waals surface area contributed by atoms with Gasteiger partial charge in [0.05, 0.1) is 7.11 Å². The molecule has 1 aliphatic rings. The highest BCUT2D eigenvalue weighted by Crippen LogP contribution is 2.27. The van der Waals surface area contributed by atoms with Gasteiger partial charge in [0, 0.05) is 20.8 Å². The first-order valence-corrected chi connectivity index (χ1v) is 6.68. The summed E-state index contributed by atoms with van der Waals surface area (Å²) in [4.78, 5) is 45.7. The lowest BCUT2D eigenvalue weighted by atomic mass is 9.97. The molecule has 0 spiro atoms. The third-order valence-electron chi connectivity index (χ3n) is 2.91. The van der Waals surface area contributed by atoms with Gasteiger partial charge in [0.15, 0.2) is 24.4 Å². The van der Waals surface area contributed by atoms with E-state index in [1.54, 1.807) is 0 Å². The standard InChI is InChI=1S/C13H19NO9/c1-5(15)20-8-9(21-6(2)16)11(13(18)19-4)23-12(14)10(8)22-7(3)17/h8-12H,14H2,1-4H3/t8-,9-,10+,11-,12-/m0/s1. The maximum Gasteiger partial charge on any atom is 0.339 e. The Morgan fingerprint density at radius 1 is 0.826 bits per heavy atom. The van der Waals surface area contributed by atoms with E-state index in [0.29, 0.717) is 0 Å². The molecule has 23 heavy (non-hydrogen) atoms. The van der Waals surface area contributed by atoms with Gasteiger partial charge in [-0.25, -0.2) is 4.79 Å². The van der Waals surface area contributed by atoms with Gasteiger partial charge in [-0.2, -0.15) is 0 Å². The van der Waals surface area contributed by atoms with E-state index in [0.717, 1.165) is 27.9 Å². The Bertz CT molecular complexity index is 492. The smallest absolute Gasteiger partial charge is 0.339 e. The fourth-order valence-corrected chi connectivity index (χ4v) is 2.15. The number of carbonyl (C=O) groups excluding carboxylic acids is 4. The number of hydrogen-bond donors (Lipinski definition) is 1. The van der Waals surface area contributed by atoms with Crippen molar-refractivity contribution in [1.29, 1.82) is 0 Å². The number of rotatable bonds is 4. The lowest BCUT2D eigenvalue weighted by Crippen LogP contribution is -2.65. The average Bonchev–Trinajstić information content (AvgIpc) is 2.43. The fourth-order valence-electron chi connectivity index (χ4n) is 2.15. The van der Waals surface area contributed by atoms with E-state index in [1.807, 2.05) is 0 Å². The summed E-state index contributed by atoms with van der Waals surface area (Å²) in [5.41, 5.74) is 5.73. The molecule has 1 saturated heterocycles. The lowest BCUT2D eigenvalue weighted by Gasteiger charge is -2.42. The maximum atomic E-state index is 11.8. The van der Waals surface area contributed by atoms with Crippen molar-refractivity contribution in [2.24, 2.45) is 5.73 Å². The monoisotopic (exact) mass is 333 g/mol. The molecule has 0 aromatic carbocycles. The molecule has 1 fully saturated rings. The van der Waals surface area contributed by atoms with Gasteiger partial charge in [0.25, 0.3) is 0 Å². The molecule has 0 amide bonds. The quantitative estimate of drug-likeness (QED) is 0.484. The fraction of sp³-hybridized carbons (Fsp3) is 0.692. The minimum Gasteiger partial charge on any atom is -0.467 e. The molecule has 0 saturated carbocycles. The number of esters is 4. The van der Waals surface area contributed by atoms with Gasteiger partial charge >= 0.3 is 23.9 Å². The van der Waals surface area contributed by atoms with Crippen molar-refractivity contribution in [2.75, 3.05) is 7.11 Å². The van der Waals surface area contributed by atoms with Gasteiger partial charge in [0.1, 0.15) is 6.23 Å². The summed E-state index contributed by atoms with van der Waals surface area (Å²) in [5, 5.41) is 0. The Labute approximate surface area is 132 Å². The lowest BCUT2D eigenvalue weighted by molar-refractivity contribution is -0.247. The first-order valence-electron chi connectivity index (χ1n) is 6.68. The van der Waals surface area contributed by atoms with Crippen LogP contribution in [0.4, 0.5) is 0 Å². The van der Waals surface area contributed by atoms with E-state index in [4.69, 9.17) is 24.7 Å². The second-order valence-electron chi connectivity index (χ2n) is 4.77. The molecular weight excluding hydrogens is 314 g/mol. The van der Waals surface area contributed by atoms with E-state index in [-0.39, 0.29) is 0 Å². The Kier molecular flexibility index (Phi) is 6.46. The van der Waals surface area contributed by atoms with E-state index in [2.05, 4.69) is 4.74 Å². The van der Waals surface area contributed by atoms with Crippen molar-refractivity contribution in [3.63, 3.8) is 0 Å². The SMILES string of the molecule is COC(=O)[C@H]1O[C@H](N)[C@H](OC(C)=O)[C@@H](OC(C)=O)[C@@H]1OC(C)=O. The van der Waals surface area contributed by atoms with Crippen LogP contribution in [-0.4, -0.2) is 61.6 Å². The number of ether oxygens (including phenoxy) is 5. The van der Waals surface area contributed by atoms with Crippen LogP contribution < -0.4 is 5.73 Å². The Balaban J connectivity index is 3.21. The Hall–Kier alpha value is -2.20. The zero-order valence-corrected chi connectivity index (χ0v) is 13.1. The molecule has 2 N–H and O–H groups in total. The summed E-state index contributed by atoms with van der Waals surface area (Å²) in [6.07, 6.45) is -6.70. The zero-order valence-electron chi connectivity index (χ0n) is 13.1. The van der Waals surface area contributed by atoms with Crippen LogP contribution in [0.2, 0.25) is 0 Å². The van der Waals surface area contributed by atoms with Crippen molar-refractivity contribution in [3.8, 4) is 0 Å². The largest absolute Gasteiger partial charge is 0.467 e. The minimum atomic E-state index is -1.44. The molecule has 1 heterocycles. The zero-order chi connectivity index (χ0) is 17.7. The summed E-state index contributed by atoms with van der Waals surface area (Å²) in [6.45, 7) is 3.31. The van der Waals surface area contributed by atoms with Crippen molar-refractivity contribution >= 4 is 23.9 Å². The second kappa shape index (κ2) is 7.88. The summed E-state index contributed by atoms with van der Waals surface area (Å²) < 4.78 is 24.8. The van der Waals surface area contributed by atoms with Crippen LogP contribution in [0.3, 0.4) is 0 Å². The van der Waals surface area contributed by atoms with Crippen molar-refractivity contribution in [3.05, 3.63) is 0 Å². The molecule has 0 aromatic heterocycles. The molecule has 1 aliphatic heterocycles. The molecule has 10 heteroatoms. The van der Waals surface area contributed by atoms with E-state index in [9.17, 15) is 19.2 Å². The summed E-state index contributed by atoms with van der Waals surface area (Å²) >= 11 is 0. The van der Waals surface area contributed by atoms with Gasteiger partial charge in [-0.15, -0.1) is 0 Å².